The van der Waals surface area contributed by atoms with Gasteiger partial charge in [-0.2, -0.15) is 0 Å². The number of aromatic nitrogens is 2. The van der Waals surface area contributed by atoms with Crippen molar-refractivity contribution in [1.29, 1.82) is 0 Å². The topological polar surface area (TPSA) is 43.6 Å². The van der Waals surface area contributed by atoms with Crippen LogP contribution in [0.15, 0.2) is 5.38 Å². The molecule has 0 spiro atoms. The first-order valence-corrected chi connectivity index (χ1v) is 7.54. The van der Waals surface area contributed by atoms with E-state index in [2.05, 4.69) is 18.2 Å². The second-order valence-electron chi connectivity index (χ2n) is 5.62. The quantitative estimate of drug-likeness (QED) is 0.811. The minimum Gasteiger partial charge on any atom is -0.466 e. The number of esters is 1. The summed E-state index contributed by atoms with van der Waals surface area (Å²) >= 11 is 1.60. The average Bonchev–Trinajstić information content (AvgIpc) is 2.94. The zero-order valence-corrected chi connectivity index (χ0v) is 12.3. The van der Waals surface area contributed by atoms with Gasteiger partial charge < -0.3 is 4.74 Å². The van der Waals surface area contributed by atoms with Gasteiger partial charge in [0.05, 0.1) is 18.7 Å². The van der Waals surface area contributed by atoms with Crippen LogP contribution in [-0.2, 0) is 27.8 Å². The van der Waals surface area contributed by atoms with Crippen LogP contribution in [0.1, 0.15) is 44.3 Å². The van der Waals surface area contributed by atoms with Crippen molar-refractivity contribution in [1.82, 2.24) is 9.38 Å². The molecule has 0 atom stereocenters. The lowest BCUT2D eigenvalue weighted by Gasteiger charge is -2.14. The van der Waals surface area contributed by atoms with E-state index in [1.54, 1.807) is 11.3 Å². The van der Waals surface area contributed by atoms with Gasteiger partial charge in [0.2, 0.25) is 0 Å². The van der Waals surface area contributed by atoms with E-state index in [9.17, 15) is 4.79 Å². The maximum Gasteiger partial charge on any atom is 0.311 e. The van der Waals surface area contributed by atoms with Crippen LogP contribution in [0, 0.1) is 0 Å². The van der Waals surface area contributed by atoms with Crippen molar-refractivity contribution >= 4 is 22.3 Å². The molecule has 0 unspecified atom stereocenters. The maximum absolute atomic E-state index is 11.7. The van der Waals surface area contributed by atoms with Gasteiger partial charge in [0.15, 0.2) is 4.96 Å². The average molecular weight is 278 g/mol. The summed E-state index contributed by atoms with van der Waals surface area (Å²) in [5, 5.41) is 2.02. The molecule has 0 saturated heterocycles. The molecule has 0 amide bonds. The Labute approximate surface area is 116 Å². The number of thiazole rings is 1. The van der Waals surface area contributed by atoms with Crippen LogP contribution in [0.4, 0.5) is 0 Å². The molecule has 0 N–H and O–H groups in total. The molecule has 2 aromatic heterocycles. The van der Waals surface area contributed by atoms with Crippen molar-refractivity contribution in [3.8, 4) is 0 Å². The molecule has 3 rings (SSSR count). The molecule has 2 heterocycles. The molecule has 2 aromatic rings. The largest absolute Gasteiger partial charge is 0.466 e. The van der Waals surface area contributed by atoms with Gasteiger partial charge in [0.25, 0.3) is 0 Å². The third kappa shape index (κ3) is 1.96. The molecule has 1 aliphatic rings. The van der Waals surface area contributed by atoms with Crippen molar-refractivity contribution in [2.45, 2.75) is 45.4 Å². The van der Waals surface area contributed by atoms with Crippen molar-refractivity contribution in [2.24, 2.45) is 0 Å². The highest BCUT2D eigenvalue weighted by molar-refractivity contribution is 7.15. The highest BCUT2D eigenvalue weighted by atomic mass is 32.1. The van der Waals surface area contributed by atoms with E-state index in [0.717, 1.165) is 23.5 Å². The Balaban J connectivity index is 2.02. The number of hydrogen-bond donors (Lipinski definition) is 0. The third-order valence-corrected chi connectivity index (χ3v) is 4.66. The molecule has 0 radical (unpaired) electrons. The summed E-state index contributed by atoms with van der Waals surface area (Å²) in [5.41, 5.74) is 3.64. The second-order valence-corrected chi connectivity index (χ2v) is 6.45. The van der Waals surface area contributed by atoms with Gasteiger partial charge >= 0.3 is 5.97 Å². The summed E-state index contributed by atoms with van der Waals surface area (Å²) in [6.45, 7) is 6.74. The van der Waals surface area contributed by atoms with Crippen molar-refractivity contribution in [3.05, 3.63) is 22.5 Å². The Morgan fingerprint density at radius 2 is 2.37 bits per heavy atom. The van der Waals surface area contributed by atoms with E-state index in [0.29, 0.717) is 13.0 Å². The summed E-state index contributed by atoms with van der Waals surface area (Å²) in [5.74, 6) is -0.165. The second kappa shape index (κ2) is 4.34. The van der Waals surface area contributed by atoms with Gasteiger partial charge in [0.1, 0.15) is 0 Å². The number of ether oxygens (including phenoxy) is 1. The zero-order chi connectivity index (χ0) is 13.6. The predicted octanol–water partition coefficient (Wildman–Crippen LogP) is 2.73. The summed E-state index contributed by atoms with van der Waals surface area (Å²) in [6, 6.07) is 0. The van der Waals surface area contributed by atoms with E-state index in [1.165, 1.54) is 11.4 Å². The van der Waals surface area contributed by atoms with Crippen molar-refractivity contribution < 1.29 is 9.53 Å². The number of rotatable bonds is 3. The van der Waals surface area contributed by atoms with Crippen LogP contribution in [0.5, 0.6) is 0 Å². The Morgan fingerprint density at radius 1 is 1.58 bits per heavy atom. The summed E-state index contributed by atoms with van der Waals surface area (Å²) in [4.78, 5) is 17.4. The first-order valence-electron chi connectivity index (χ1n) is 6.66. The lowest BCUT2D eigenvalue weighted by Crippen LogP contribution is -2.12. The molecule has 0 bridgehead atoms. The Morgan fingerprint density at radius 3 is 3.11 bits per heavy atom. The SMILES string of the molecule is CCOC(=O)Cc1csc2nc3c(n12)CCC3(C)C. The first kappa shape index (κ1) is 12.7. The van der Waals surface area contributed by atoms with E-state index >= 15 is 0 Å². The number of hydrogen-bond acceptors (Lipinski definition) is 4. The van der Waals surface area contributed by atoms with Gasteiger partial charge in [-0.3, -0.25) is 9.20 Å². The van der Waals surface area contributed by atoms with Crippen LogP contribution < -0.4 is 0 Å². The monoisotopic (exact) mass is 278 g/mol. The van der Waals surface area contributed by atoms with E-state index in [4.69, 9.17) is 9.72 Å². The van der Waals surface area contributed by atoms with Crippen LogP contribution in [0.25, 0.3) is 4.96 Å². The molecule has 0 aromatic carbocycles. The fourth-order valence-electron chi connectivity index (χ4n) is 2.78. The predicted molar refractivity (Wildman–Crippen MR) is 74.8 cm³/mol. The summed E-state index contributed by atoms with van der Waals surface area (Å²) < 4.78 is 7.19. The van der Waals surface area contributed by atoms with Crippen LogP contribution in [-0.4, -0.2) is 22.0 Å². The normalized spacial score (nSPS) is 16.8. The van der Waals surface area contributed by atoms with Crippen LogP contribution >= 0.6 is 11.3 Å². The number of fused-ring (bicyclic) bond motifs is 3. The number of aryl methyl sites for hydroxylation is 1. The molecule has 0 aliphatic heterocycles. The number of carbonyl (C=O) groups is 1. The standard InChI is InChI=1S/C14H18N2O2S/c1-4-18-11(17)7-9-8-19-13-15-12-10(16(9)13)5-6-14(12,2)3/h8H,4-7H2,1-3H3. The molecule has 1 aliphatic carbocycles. The lowest BCUT2D eigenvalue weighted by atomic mass is 9.91. The fourth-order valence-corrected chi connectivity index (χ4v) is 3.69. The van der Waals surface area contributed by atoms with Crippen LogP contribution in [0.2, 0.25) is 0 Å². The van der Waals surface area contributed by atoms with Gasteiger partial charge in [-0.05, 0) is 19.8 Å². The molecule has 19 heavy (non-hydrogen) atoms. The van der Waals surface area contributed by atoms with E-state index in [-0.39, 0.29) is 11.4 Å². The number of nitrogens with zero attached hydrogens (tertiary/aromatic N) is 2. The smallest absolute Gasteiger partial charge is 0.311 e. The van der Waals surface area contributed by atoms with Gasteiger partial charge in [-0.15, -0.1) is 11.3 Å². The summed E-state index contributed by atoms with van der Waals surface area (Å²) in [6.07, 6.45) is 2.50. The summed E-state index contributed by atoms with van der Waals surface area (Å²) in [7, 11) is 0. The molecule has 0 fully saturated rings. The molecular weight excluding hydrogens is 260 g/mol. The van der Waals surface area contributed by atoms with Crippen molar-refractivity contribution in [3.63, 3.8) is 0 Å². The number of carbonyl (C=O) groups excluding carboxylic acids is 1. The highest BCUT2D eigenvalue weighted by Gasteiger charge is 2.35. The Bertz CT molecular complexity index is 639. The molecule has 102 valence electrons. The van der Waals surface area contributed by atoms with Gasteiger partial charge in [-0.25, -0.2) is 4.98 Å². The molecular formula is C14H18N2O2S. The van der Waals surface area contributed by atoms with E-state index < -0.39 is 0 Å². The third-order valence-electron chi connectivity index (χ3n) is 3.79. The maximum atomic E-state index is 11.7. The van der Waals surface area contributed by atoms with E-state index in [1.807, 2.05) is 12.3 Å². The minimum absolute atomic E-state index is 0.155. The van der Waals surface area contributed by atoms with Gasteiger partial charge in [0, 0.05) is 22.2 Å². The van der Waals surface area contributed by atoms with Crippen LogP contribution in [0.3, 0.4) is 0 Å². The Hall–Kier alpha value is -1.36. The van der Waals surface area contributed by atoms with Crippen molar-refractivity contribution in [2.75, 3.05) is 6.61 Å². The zero-order valence-electron chi connectivity index (χ0n) is 11.5. The Kier molecular flexibility index (Phi) is 2.89. The van der Waals surface area contributed by atoms with Gasteiger partial charge in [-0.1, -0.05) is 13.8 Å². The molecule has 5 heteroatoms. The molecule has 0 saturated carbocycles. The minimum atomic E-state index is -0.165. The molecule has 4 nitrogen and oxygen atoms in total. The lowest BCUT2D eigenvalue weighted by molar-refractivity contribution is -0.142. The first-order chi connectivity index (χ1) is 9.03. The highest BCUT2D eigenvalue weighted by Crippen LogP contribution is 2.39. The fraction of sp³-hybridized carbons (Fsp3) is 0.571. The number of imidazole rings is 1.